The summed E-state index contributed by atoms with van der Waals surface area (Å²) in [5, 5.41) is 19.1. The highest BCUT2D eigenvalue weighted by atomic mass is 16.6. The van der Waals surface area contributed by atoms with Gasteiger partial charge in [-0.15, -0.1) is 0 Å². The van der Waals surface area contributed by atoms with Crippen LogP contribution in [-0.2, 0) is 4.74 Å². The van der Waals surface area contributed by atoms with E-state index in [1.54, 1.807) is 0 Å². The Bertz CT molecular complexity index is 653. The van der Waals surface area contributed by atoms with Crippen LogP contribution < -0.4 is 17.0 Å². The highest BCUT2D eigenvalue weighted by Gasteiger charge is 2.41. The first-order valence-corrected chi connectivity index (χ1v) is 6.21. The van der Waals surface area contributed by atoms with Crippen molar-refractivity contribution in [3.8, 4) is 0 Å². The Balaban J connectivity index is 2.32. The number of rotatable bonds is 3. The minimum absolute atomic E-state index is 0.0378. The number of nitrogens with two attached hydrogens (primary N) is 1. The van der Waals surface area contributed by atoms with Crippen LogP contribution in [0.15, 0.2) is 15.8 Å². The molecule has 1 fully saturated rings. The van der Waals surface area contributed by atoms with Gasteiger partial charge in [-0.2, -0.15) is 0 Å². The molecule has 10 nitrogen and oxygen atoms in total. The van der Waals surface area contributed by atoms with Crippen LogP contribution in [0, 0.1) is 6.92 Å². The average Bonchev–Trinajstić information content (AvgIpc) is 2.85. The molecule has 0 radical (unpaired) electrons. The minimum atomic E-state index is -1.09. The van der Waals surface area contributed by atoms with Gasteiger partial charge in [0.05, 0.1) is 12.6 Å². The van der Waals surface area contributed by atoms with Crippen molar-refractivity contribution in [2.24, 2.45) is 5.73 Å². The SMILES string of the molecule is Cc1cn([C@H]2C[C@@H](N(O)C(N)=O)[C@@H](CO)O2)c(=O)[nH]c1=O. The Kier molecular flexibility index (Phi) is 4.11. The van der Waals surface area contributed by atoms with Crippen LogP contribution in [-0.4, -0.2) is 49.7 Å². The number of aromatic nitrogens is 2. The summed E-state index contributed by atoms with van der Waals surface area (Å²) >= 11 is 0. The normalized spacial score (nSPS) is 25.0. The Morgan fingerprint density at radius 1 is 1.62 bits per heavy atom. The van der Waals surface area contributed by atoms with Crippen LogP contribution in [0.5, 0.6) is 0 Å². The fraction of sp³-hybridized carbons (Fsp3) is 0.545. The van der Waals surface area contributed by atoms with E-state index in [0.29, 0.717) is 5.56 Å². The molecule has 0 saturated carbocycles. The van der Waals surface area contributed by atoms with Crippen molar-refractivity contribution in [3.63, 3.8) is 0 Å². The van der Waals surface area contributed by atoms with Gasteiger partial charge in [0.2, 0.25) is 0 Å². The number of H-pyrrole nitrogens is 1. The first-order valence-electron chi connectivity index (χ1n) is 6.21. The average molecular weight is 300 g/mol. The number of aliphatic hydroxyl groups is 1. The number of nitrogens with one attached hydrogen (secondary N) is 1. The summed E-state index contributed by atoms with van der Waals surface area (Å²) in [6, 6.07) is -1.98. The topological polar surface area (TPSA) is 151 Å². The van der Waals surface area contributed by atoms with E-state index in [1.165, 1.54) is 13.1 Å². The largest absolute Gasteiger partial charge is 0.394 e. The fourth-order valence-electron chi connectivity index (χ4n) is 2.27. The van der Waals surface area contributed by atoms with E-state index in [-0.39, 0.29) is 11.5 Å². The van der Waals surface area contributed by atoms with Gasteiger partial charge in [0.15, 0.2) is 0 Å². The second kappa shape index (κ2) is 5.68. The van der Waals surface area contributed by atoms with E-state index in [9.17, 15) is 24.7 Å². The third-order valence-corrected chi connectivity index (χ3v) is 3.38. The molecule has 0 unspecified atom stereocenters. The summed E-state index contributed by atoms with van der Waals surface area (Å²) in [5.74, 6) is 0. The summed E-state index contributed by atoms with van der Waals surface area (Å²) in [7, 11) is 0. The predicted octanol–water partition coefficient (Wildman–Crippen LogP) is -1.74. The van der Waals surface area contributed by atoms with Crippen molar-refractivity contribution in [1.29, 1.82) is 0 Å². The standard InChI is InChI=1S/C11H16N4O6/c1-5-3-14(11(19)13-9(5)17)8-2-6(7(4-16)21-8)15(20)10(12)18/h3,6-8,16,20H,2,4H2,1H3,(H2,12,18)(H,13,17,19)/t6-,7-,8-/m1/s1. The molecular weight excluding hydrogens is 284 g/mol. The number of hydrogen-bond donors (Lipinski definition) is 4. The molecule has 21 heavy (non-hydrogen) atoms. The number of carbonyl (C=O) groups excluding carboxylic acids is 1. The van der Waals surface area contributed by atoms with Crippen LogP contribution in [0.4, 0.5) is 4.79 Å². The molecule has 1 aliphatic heterocycles. The van der Waals surface area contributed by atoms with Gasteiger partial charge in [-0.3, -0.25) is 19.6 Å². The Morgan fingerprint density at radius 2 is 2.29 bits per heavy atom. The molecule has 0 bridgehead atoms. The minimum Gasteiger partial charge on any atom is -0.394 e. The van der Waals surface area contributed by atoms with Gasteiger partial charge < -0.3 is 15.6 Å². The maximum Gasteiger partial charge on any atom is 0.338 e. The van der Waals surface area contributed by atoms with E-state index >= 15 is 0 Å². The molecule has 0 aromatic carbocycles. The molecule has 0 aliphatic carbocycles. The number of aromatic amines is 1. The van der Waals surface area contributed by atoms with Crippen LogP contribution in [0.2, 0.25) is 0 Å². The second-order valence-corrected chi connectivity index (χ2v) is 4.78. The number of carbonyl (C=O) groups is 1. The van der Waals surface area contributed by atoms with Crippen molar-refractivity contribution < 1.29 is 19.8 Å². The number of hydrogen-bond acceptors (Lipinski definition) is 6. The smallest absolute Gasteiger partial charge is 0.338 e. The summed E-state index contributed by atoms with van der Waals surface area (Å²) in [4.78, 5) is 36.2. The number of nitrogens with zero attached hydrogens (tertiary/aromatic N) is 2. The van der Waals surface area contributed by atoms with Crippen molar-refractivity contribution in [2.45, 2.75) is 31.7 Å². The van der Waals surface area contributed by atoms with Gasteiger partial charge in [-0.1, -0.05) is 0 Å². The number of ether oxygens (including phenoxy) is 1. The summed E-state index contributed by atoms with van der Waals surface area (Å²) in [5.41, 5.74) is 4.09. The van der Waals surface area contributed by atoms with E-state index in [2.05, 4.69) is 4.98 Å². The fourth-order valence-corrected chi connectivity index (χ4v) is 2.27. The lowest BCUT2D eigenvalue weighted by Crippen LogP contribution is -2.46. The molecule has 1 aliphatic rings. The van der Waals surface area contributed by atoms with Crippen LogP contribution >= 0.6 is 0 Å². The molecule has 10 heteroatoms. The monoisotopic (exact) mass is 300 g/mol. The van der Waals surface area contributed by atoms with E-state index in [4.69, 9.17) is 10.5 Å². The molecule has 5 N–H and O–H groups in total. The number of amides is 2. The zero-order valence-corrected chi connectivity index (χ0v) is 11.2. The molecule has 1 aromatic heterocycles. The molecular formula is C11H16N4O6. The first kappa shape index (κ1) is 15.2. The van der Waals surface area contributed by atoms with Crippen molar-refractivity contribution >= 4 is 6.03 Å². The molecule has 1 saturated heterocycles. The van der Waals surface area contributed by atoms with Gasteiger partial charge in [0, 0.05) is 18.2 Å². The predicted molar refractivity (Wildman–Crippen MR) is 68.7 cm³/mol. The van der Waals surface area contributed by atoms with Crippen molar-refractivity contribution in [1.82, 2.24) is 14.6 Å². The quantitative estimate of drug-likeness (QED) is 0.384. The van der Waals surface area contributed by atoms with Crippen molar-refractivity contribution in [2.75, 3.05) is 6.61 Å². The lowest BCUT2D eigenvalue weighted by Gasteiger charge is -2.22. The third kappa shape index (κ3) is 2.82. The zero-order valence-electron chi connectivity index (χ0n) is 11.2. The number of hydroxylamine groups is 2. The summed E-state index contributed by atoms with van der Waals surface area (Å²) < 4.78 is 6.57. The molecule has 2 amide bonds. The zero-order chi connectivity index (χ0) is 15.7. The Labute approximate surface area is 118 Å². The second-order valence-electron chi connectivity index (χ2n) is 4.78. The number of aryl methyl sites for hydroxylation is 1. The Hall–Kier alpha value is -2.17. The molecule has 0 spiro atoms. The Morgan fingerprint density at radius 3 is 2.86 bits per heavy atom. The van der Waals surface area contributed by atoms with Gasteiger partial charge in [-0.25, -0.2) is 14.7 Å². The van der Waals surface area contributed by atoms with Gasteiger partial charge in [0.25, 0.3) is 5.56 Å². The van der Waals surface area contributed by atoms with Gasteiger partial charge in [-0.05, 0) is 6.92 Å². The number of primary amides is 1. The van der Waals surface area contributed by atoms with E-state index in [0.717, 1.165) is 4.57 Å². The number of urea groups is 1. The molecule has 1 aromatic rings. The molecule has 116 valence electrons. The molecule has 2 heterocycles. The lowest BCUT2D eigenvalue weighted by molar-refractivity contribution is -0.106. The van der Waals surface area contributed by atoms with Crippen LogP contribution in [0.1, 0.15) is 18.2 Å². The lowest BCUT2D eigenvalue weighted by atomic mass is 10.1. The highest BCUT2D eigenvalue weighted by molar-refractivity contribution is 5.71. The van der Waals surface area contributed by atoms with Crippen LogP contribution in [0.3, 0.4) is 0 Å². The van der Waals surface area contributed by atoms with Crippen LogP contribution in [0.25, 0.3) is 0 Å². The van der Waals surface area contributed by atoms with Crippen molar-refractivity contribution in [3.05, 3.63) is 32.6 Å². The maximum absolute atomic E-state index is 11.8. The summed E-state index contributed by atoms with van der Waals surface area (Å²) in [6.07, 6.45) is -0.388. The van der Waals surface area contributed by atoms with E-state index in [1.807, 2.05) is 0 Å². The third-order valence-electron chi connectivity index (χ3n) is 3.38. The number of aliphatic hydroxyl groups excluding tert-OH is 1. The maximum atomic E-state index is 11.8. The van der Waals surface area contributed by atoms with E-state index < -0.39 is 42.3 Å². The van der Waals surface area contributed by atoms with Gasteiger partial charge >= 0.3 is 11.7 Å². The molecule has 3 atom stereocenters. The first-order chi connectivity index (χ1) is 9.85. The summed E-state index contributed by atoms with van der Waals surface area (Å²) in [6.45, 7) is 1.05. The molecule has 2 rings (SSSR count). The van der Waals surface area contributed by atoms with Gasteiger partial charge in [0.1, 0.15) is 12.3 Å². The highest BCUT2D eigenvalue weighted by Crippen LogP contribution is 2.30.